The predicted octanol–water partition coefficient (Wildman–Crippen LogP) is 3.64. The number of amides is 1. The van der Waals surface area contributed by atoms with E-state index in [1.807, 2.05) is 6.08 Å². The van der Waals surface area contributed by atoms with Crippen LogP contribution in [0.1, 0.15) is 32.1 Å². The van der Waals surface area contributed by atoms with Crippen LogP contribution < -0.4 is 5.32 Å². The first kappa shape index (κ1) is 19.7. The molecule has 0 heterocycles. The zero-order valence-electron chi connectivity index (χ0n) is 13.5. The van der Waals surface area contributed by atoms with E-state index in [0.717, 1.165) is 31.7 Å². The molecule has 2 N–H and O–H groups in total. The molecule has 0 saturated carbocycles. The Balaban J connectivity index is 3.98. The SMILES string of the molecule is C=CCCCCC[C@H](NC(=O)OCC[Si](C)(C)C)C(=O)O. The van der Waals surface area contributed by atoms with Gasteiger partial charge in [-0.15, -0.1) is 6.58 Å². The van der Waals surface area contributed by atoms with E-state index in [4.69, 9.17) is 9.84 Å². The Labute approximate surface area is 128 Å². The maximum atomic E-state index is 11.6. The first-order valence-electron chi connectivity index (χ1n) is 7.53. The molecule has 0 unspecified atom stereocenters. The van der Waals surface area contributed by atoms with Crippen LogP contribution >= 0.6 is 0 Å². The van der Waals surface area contributed by atoms with E-state index in [2.05, 4.69) is 31.5 Å². The van der Waals surface area contributed by atoms with Gasteiger partial charge >= 0.3 is 12.1 Å². The smallest absolute Gasteiger partial charge is 0.407 e. The minimum Gasteiger partial charge on any atom is -0.480 e. The third kappa shape index (κ3) is 12.2. The summed E-state index contributed by atoms with van der Waals surface area (Å²) in [6.07, 6.45) is 5.27. The van der Waals surface area contributed by atoms with Crippen LogP contribution in [0.2, 0.25) is 25.7 Å². The highest BCUT2D eigenvalue weighted by Gasteiger charge is 2.20. The third-order valence-electron chi connectivity index (χ3n) is 3.08. The van der Waals surface area contributed by atoms with Crippen molar-refractivity contribution in [3.8, 4) is 0 Å². The number of alkyl carbamates (subject to hydrolysis) is 1. The zero-order valence-corrected chi connectivity index (χ0v) is 14.5. The van der Waals surface area contributed by atoms with Gasteiger partial charge in [0.05, 0.1) is 6.61 Å². The Morgan fingerprint density at radius 1 is 1.29 bits per heavy atom. The molecule has 0 radical (unpaired) electrons. The lowest BCUT2D eigenvalue weighted by molar-refractivity contribution is -0.139. The number of nitrogens with one attached hydrogen (secondary N) is 1. The van der Waals surface area contributed by atoms with Crippen LogP contribution in [0, 0.1) is 0 Å². The van der Waals surface area contributed by atoms with Gasteiger partial charge in [-0.05, 0) is 25.3 Å². The minimum atomic E-state index is -1.25. The molecule has 0 aliphatic heterocycles. The van der Waals surface area contributed by atoms with E-state index >= 15 is 0 Å². The van der Waals surface area contributed by atoms with E-state index in [0.29, 0.717) is 13.0 Å². The van der Waals surface area contributed by atoms with Crippen LogP contribution in [0.15, 0.2) is 12.7 Å². The van der Waals surface area contributed by atoms with Crippen molar-refractivity contribution in [2.24, 2.45) is 0 Å². The van der Waals surface area contributed by atoms with Gasteiger partial charge in [0.1, 0.15) is 6.04 Å². The normalized spacial score (nSPS) is 12.5. The number of carbonyl (C=O) groups is 2. The molecule has 6 heteroatoms. The Morgan fingerprint density at radius 3 is 2.48 bits per heavy atom. The molecule has 0 aliphatic rings. The maximum Gasteiger partial charge on any atom is 0.407 e. The second kappa shape index (κ2) is 10.4. The van der Waals surface area contributed by atoms with Crippen LogP contribution in [0.4, 0.5) is 4.79 Å². The molecule has 0 bridgehead atoms. The molecule has 0 saturated heterocycles. The Bertz CT molecular complexity index is 339. The van der Waals surface area contributed by atoms with Crippen molar-refractivity contribution in [2.45, 2.75) is 63.8 Å². The van der Waals surface area contributed by atoms with Crippen molar-refractivity contribution < 1.29 is 19.4 Å². The summed E-state index contributed by atoms with van der Waals surface area (Å²) >= 11 is 0. The minimum absolute atomic E-state index is 0.354. The molecule has 0 aliphatic carbocycles. The van der Waals surface area contributed by atoms with Gasteiger partial charge in [-0.3, -0.25) is 0 Å². The molecular weight excluding hydrogens is 286 g/mol. The fourth-order valence-electron chi connectivity index (χ4n) is 1.71. The summed E-state index contributed by atoms with van der Waals surface area (Å²) < 4.78 is 5.05. The summed E-state index contributed by atoms with van der Waals surface area (Å²) in [5, 5.41) is 11.5. The fraction of sp³-hybridized carbons (Fsp3) is 0.733. The molecule has 122 valence electrons. The Kier molecular flexibility index (Phi) is 9.78. The fourth-order valence-corrected chi connectivity index (χ4v) is 2.42. The average Bonchev–Trinajstić information content (AvgIpc) is 2.35. The second-order valence-corrected chi connectivity index (χ2v) is 12.0. The molecule has 0 aromatic carbocycles. The molecule has 1 atom stereocenters. The molecule has 0 aromatic heterocycles. The van der Waals surface area contributed by atoms with E-state index < -0.39 is 26.2 Å². The maximum absolute atomic E-state index is 11.6. The number of carbonyl (C=O) groups excluding carboxylic acids is 1. The number of ether oxygens (including phenoxy) is 1. The Morgan fingerprint density at radius 2 is 1.95 bits per heavy atom. The highest BCUT2D eigenvalue weighted by molar-refractivity contribution is 6.76. The molecule has 21 heavy (non-hydrogen) atoms. The highest BCUT2D eigenvalue weighted by Crippen LogP contribution is 2.09. The summed E-state index contributed by atoms with van der Waals surface area (Å²) in [6.45, 7) is 10.6. The summed E-state index contributed by atoms with van der Waals surface area (Å²) in [5.41, 5.74) is 0. The monoisotopic (exact) mass is 315 g/mol. The molecular formula is C15H29NO4Si. The van der Waals surface area contributed by atoms with Gasteiger partial charge in [0.15, 0.2) is 0 Å². The Hall–Kier alpha value is -1.30. The third-order valence-corrected chi connectivity index (χ3v) is 4.78. The lowest BCUT2D eigenvalue weighted by atomic mass is 10.1. The zero-order chi connectivity index (χ0) is 16.3. The first-order valence-corrected chi connectivity index (χ1v) is 11.2. The molecule has 0 rings (SSSR count). The van der Waals surface area contributed by atoms with Gasteiger partial charge in [-0.1, -0.05) is 38.6 Å². The van der Waals surface area contributed by atoms with Gasteiger partial charge in [-0.2, -0.15) is 0 Å². The van der Waals surface area contributed by atoms with Crippen LogP contribution in [-0.4, -0.2) is 37.9 Å². The highest BCUT2D eigenvalue weighted by atomic mass is 28.3. The number of carboxylic acid groups (broad SMARTS) is 1. The molecule has 1 amide bonds. The van der Waals surface area contributed by atoms with Crippen molar-refractivity contribution in [3.05, 3.63) is 12.7 Å². The van der Waals surface area contributed by atoms with Crippen LogP contribution in [0.3, 0.4) is 0 Å². The van der Waals surface area contributed by atoms with Crippen LogP contribution in [-0.2, 0) is 9.53 Å². The number of rotatable bonds is 11. The van der Waals surface area contributed by atoms with Gasteiger partial charge < -0.3 is 15.2 Å². The molecule has 5 nitrogen and oxygen atoms in total. The number of aliphatic carboxylic acids is 1. The number of carboxylic acids is 1. The van der Waals surface area contributed by atoms with Crippen molar-refractivity contribution in [3.63, 3.8) is 0 Å². The predicted molar refractivity (Wildman–Crippen MR) is 87.3 cm³/mol. The van der Waals surface area contributed by atoms with Gasteiger partial charge in [0.2, 0.25) is 0 Å². The van der Waals surface area contributed by atoms with Crippen LogP contribution in [0.5, 0.6) is 0 Å². The van der Waals surface area contributed by atoms with Crippen molar-refractivity contribution in [1.29, 1.82) is 0 Å². The van der Waals surface area contributed by atoms with Crippen molar-refractivity contribution in [2.75, 3.05) is 6.61 Å². The van der Waals surface area contributed by atoms with E-state index in [-0.39, 0.29) is 0 Å². The largest absolute Gasteiger partial charge is 0.480 e. The summed E-state index contributed by atoms with van der Waals surface area (Å²) in [6, 6.07) is 0.00723. The lowest BCUT2D eigenvalue weighted by Crippen LogP contribution is -2.41. The number of allylic oxidation sites excluding steroid dienone is 1. The standard InChI is InChI=1S/C15H29NO4Si/c1-5-6-7-8-9-10-13(14(17)18)16-15(19)20-11-12-21(2,3)4/h5,13H,1,6-12H2,2-4H3,(H,16,19)(H,17,18)/t13-/m0/s1. The summed E-state index contributed by atoms with van der Waals surface area (Å²) in [7, 11) is -1.25. The van der Waals surface area contributed by atoms with E-state index in [1.165, 1.54) is 0 Å². The van der Waals surface area contributed by atoms with E-state index in [1.54, 1.807) is 0 Å². The van der Waals surface area contributed by atoms with Crippen molar-refractivity contribution in [1.82, 2.24) is 5.32 Å². The quantitative estimate of drug-likeness (QED) is 0.347. The van der Waals surface area contributed by atoms with Gasteiger partial charge in [0, 0.05) is 8.07 Å². The lowest BCUT2D eigenvalue weighted by Gasteiger charge is -2.17. The second-order valence-electron chi connectivity index (χ2n) is 6.41. The molecule has 0 fully saturated rings. The average molecular weight is 315 g/mol. The number of hydrogen-bond acceptors (Lipinski definition) is 3. The van der Waals surface area contributed by atoms with Crippen molar-refractivity contribution >= 4 is 20.1 Å². The van der Waals surface area contributed by atoms with Crippen LogP contribution in [0.25, 0.3) is 0 Å². The first-order chi connectivity index (χ1) is 9.76. The van der Waals surface area contributed by atoms with Gasteiger partial charge in [0.25, 0.3) is 0 Å². The molecule has 0 aromatic rings. The van der Waals surface area contributed by atoms with Gasteiger partial charge in [-0.25, -0.2) is 9.59 Å². The molecule has 0 spiro atoms. The summed E-state index contributed by atoms with van der Waals surface area (Å²) in [5.74, 6) is -1.01. The summed E-state index contributed by atoms with van der Waals surface area (Å²) in [4.78, 5) is 22.7. The van der Waals surface area contributed by atoms with E-state index in [9.17, 15) is 9.59 Å². The number of hydrogen-bond donors (Lipinski definition) is 2. The topological polar surface area (TPSA) is 75.6 Å². The number of unbranched alkanes of at least 4 members (excludes halogenated alkanes) is 3.